The van der Waals surface area contributed by atoms with Crippen molar-refractivity contribution >= 4 is 28.6 Å². The Morgan fingerprint density at radius 3 is 2.60 bits per heavy atom. The molecule has 0 saturated heterocycles. The van der Waals surface area contributed by atoms with Gasteiger partial charge in [0.15, 0.2) is 11.6 Å². The van der Waals surface area contributed by atoms with E-state index >= 15 is 0 Å². The predicted octanol–water partition coefficient (Wildman–Crippen LogP) is 2.58. The van der Waals surface area contributed by atoms with E-state index in [1.165, 1.54) is 12.1 Å². The largest absolute Gasteiger partial charge is 0.505 e. The van der Waals surface area contributed by atoms with Crippen molar-refractivity contribution < 1.29 is 9.50 Å². The highest BCUT2D eigenvalue weighted by Gasteiger charge is 2.06. The number of phenols is 1. The Morgan fingerprint density at radius 1 is 1.50 bits per heavy atom. The monoisotopic (exact) mass is 222 g/mol. The maximum Gasteiger partial charge on any atom is 0.179 e. The molecule has 0 aliphatic rings. The fourth-order valence-corrected chi connectivity index (χ4v) is 1.03. The van der Waals surface area contributed by atoms with Gasteiger partial charge >= 0.3 is 0 Å². The first-order chi connectivity index (χ1) is 4.63. The fourth-order valence-electron chi connectivity index (χ4n) is 0.530. The van der Waals surface area contributed by atoms with Gasteiger partial charge in [-0.2, -0.15) is 0 Å². The number of aromatic hydroxyl groups is 1. The number of phenolic OH excluding ortho intramolecular Hbond substituents is 1. The molecule has 1 aromatic rings. The normalized spacial score (nSPS) is 9.90. The zero-order valence-electron chi connectivity index (χ0n) is 4.81. The van der Waals surface area contributed by atoms with Crippen LogP contribution in [-0.2, 0) is 0 Å². The summed E-state index contributed by atoms with van der Waals surface area (Å²) >= 11 is 6.85. The number of thiol groups is 1. The predicted molar refractivity (Wildman–Crippen MR) is 43.0 cm³/mol. The molecule has 0 bridgehead atoms. The average molecular weight is 223 g/mol. The van der Waals surface area contributed by atoms with Gasteiger partial charge in [-0.3, -0.25) is 0 Å². The SMILES string of the molecule is Oc1ccc(Br)c(S)c1F. The second kappa shape index (κ2) is 2.80. The Morgan fingerprint density at radius 2 is 2.10 bits per heavy atom. The molecule has 0 aliphatic carbocycles. The van der Waals surface area contributed by atoms with Gasteiger partial charge in [0.1, 0.15) is 0 Å². The maximum absolute atomic E-state index is 12.6. The van der Waals surface area contributed by atoms with E-state index in [4.69, 9.17) is 5.11 Å². The standard InChI is InChI=1S/C6H4BrFOS/c7-3-1-2-4(9)5(8)6(3)10/h1-2,9-10H. The van der Waals surface area contributed by atoms with Gasteiger partial charge < -0.3 is 5.11 Å². The molecule has 0 spiro atoms. The average Bonchev–Trinajstić information content (AvgIpc) is 1.93. The third-order valence-electron chi connectivity index (χ3n) is 1.05. The van der Waals surface area contributed by atoms with Crippen LogP contribution in [0.25, 0.3) is 0 Å². The molecule has 0 aliphatic heterocycles. The molecule has 1 rings (SSSR count). The van der Waals surface area contributed by atoms with Gasteiger partial charge in [-0.15, -0.1) is 12.6 Å². The van der Waals surface area contributed by atoms with Crippen LogP contribution in [0, 0.1) is 5.82 Å². The molecule has 0 heterocycles. The van der Waals surface area contributed by atoms with E-state index in [0.717, 1.165) is 0 Å². The van der Waals surface area contributed by atoms with E-state index in [2.05, 4.69) is 28.6 Å². The lowest BCUT2D eigenvalue weighted by molar-refractivity contribution is 0.424. The highest BCUT2D eigenvalue weighted by molar-refractivity contribution is 9.10. The van der Waals surface area contributed by atoms with E-state index < -0.39 is 5.82 Å². The molecule has 0 aromatic heterocycles. The van der Waals surface area contributed by atoms with Crippen LogP contribution < -0.4 is 0 Å². The van der Waals surface area contributed by atoms with Crippen molar-refractivity contribution in [2.24, 2.45) is 0 Å². The topological polar surface area (TPSA) is 20.2 Å². The Balaban J connectivity index is 3.34. The molecule has 0 amide bonds. The minimum atomic E-state index is -0.697. The maximum atomic E-state index is 12.6. The smallest absolute Gasteiger partial charge is 0.179 e. The van der Waals surface area contributed by atoms with Crippen molar-refractivity contribution in [2.75, 3.05) is 0 Å². The molecule has 1 N–H and O–H groups in total. The molecule has 0 fully saturated rings. The molecular weight excluding hydrogens is 219 g/mol. The Kier molecular flexibility index (Phi) is 2.21. The first-order valence-electron chi connectivity index (χ1n) is 2.49. The second-order valence-corrected chi connectivity index (χ2v) is 3.03. The molecular formula is C6H4BrFOS. The lowest BCUT2D eigenvalue weighted by Gasteiger charge is -1.99. The van der Waals surface area contributed by atoms with Gasteiger partial charge in [-0.05, 0) is 28.1 Å². The van der Waals surface area contributed by atoms with Crippen LogP contribution in [0.5, 0.6) is 5.75 Å². The van der Waals surface area contributed by atoms with E-state index in [9.17, 15) is 4.39 Å². The zero-order valence-corrected chi connectivity index (χ0v) is 7.29. The zero-order chi connectivity index (χ0) is 7.72. The van der Waals surface area contributed by atoms with Crippen molar-refractivity contribution in [3.63, 3.8) is 0 Å². The molecule has 4 heteroatoms. The Hall–Kier alpha value is -0.220. The van der Waals surface area contributed by atoms with Crippen molar-refractivity contribution in [2.45, 2.75) is 4.90 Å². The molecule has 0 saturated carbocycles. The van der Waals surface area contributed by atoms with Crippen LogP contribution in [-0.4, -0.2) is 5.11 Å². The van der Waals surface area contributed by atoms with Gasteiger partial charge in [-0.1, -0.05) is 0 Å². The van der Waals surface area contributed by atoms with Crippen LogP contribution >= 0.6 is 28.6 Å². The highest BCUT2D eigenvalue weighted by Crippen LogP contribution is 2.28. The molecule has 0 atom stereocenters. The van der Waals surface area contributed by atoms with Crippen molar-refractivity contribution in [3.05, 3.63) is 22.4 Å². The lowest BCUT2D eigenvalue weighted by Crippen LogP contribution is -1.79. The molecule has 1 nitrogen and oxygen atoms in total. The summed E-state index contributed by atoms with van der Waals surface area (Å²) in [6.07, 6.45) is 0. The van der Waals surface area contributed by atoms with Crippen LogP contribution in [0.2, 0.25) is 0 Å². The minimum Gasteiger partial charge on any atom is -0.505 e. The van der Waals surface area contributed by atoms with Crippen LogP contribution in [0.3, 0.4) is 0 Å². The quantitative estimate of drug-likeness (QED) is 0.647. The first-order valence-corrected chi connectivity index (χ1v) is 3.73. The van der Waals surface area contributed by atoms with E-state index in [0.29, 0.717) is 4.47 Å². The summed E-state index contributed by atoms with van der Waals surface area (Å²) in [5.41, 5.74) is 0. The number of hydrogen-bond acceptors (Lipinski definition) is 2. The molecule has 1 aromatic carbocycles. The van der Waals surface area contributed by atoms with Gasteiger partial charge in [0.25, 0.3) is 0 Å². The Bertz CT molecular complexity index is 237. The number of halogens is 2. The van der Waals surface area contributed by atoms with Gasteiger partial charge in [0.2, 0.25) is 0 Å². The molecule has 0 radical (unpaired) electrons. The summed E-state index contributed by atoms with van der Waals surface area (Å²) < 4.78 is 13.2. The van der Waals surface area contributed by atoms with E-state index in [1.54, 1.807) is 0 Å². The van der Waals surface area contributed by atoms with E-state index in [1.807, 2.05) is 0 Å². The second-order valence-electron chi connectivity index (χ2n) is 1.73. The summed E-state index contributed by atoms with van der Waals surface area (Å²) in [6.45, 7) is 0. The number of hydrogen-bond donors (Lipinski definition) is 2. The number of rotatable bonds is 0. The summed E-state index contributed by atoms with van der Waals surface area (Å²) in [4.78, 5) is 0.125. The summed E-state index contributed by atoms with van der Waals surface area (Å²) in [7, 11) is 0. The third kappa shape index (κ3) is 1.27. The summed E-state index contributed by atoms with van der Waals surface area (Å²) in [6, 6.07) is 2.79. The molecule has 54 valence electrons. The van der Waals surface area contributed by atoms with Crippen LogP contribution in [0.15, 0.2) is 21.5 Å². The van der Waals surface area contributed by atoms with Crippen molar-refractivity contribution in [1.82, 2.24) is 0 Å². The fraction of sp³-hybridized carbons (Fsp3) is 0. The molecule has 10 heavy (non-hydrogen) atoms. The number of benzene rings is 1. The summed E-state index contributed by atoms with van der Waals surface area (Å²) in [5.74, 6) is -1.08. The summed E-state index contributed by atoms with van der Waals surface area (Å²) in [5, 5.41) is 8.78. The van der Waals surface area contributed by atoms with Crippen molar-refractivity contribution in [1.29, 1.82) is 0 Å². The lowest BCUT2D eigenvalue weighted by atomic mass is 10.3. The van der Waals surface area contributed by atoms with Gasteiger partial charge in [-0.25, -0.2) is 4.39 Å². The first kappa shape index (κ1) is 7.88. The van der Waals surface area contributed by atoms with Crippen molar-refractivity contribution in [3.8, 4) is 5.75 Å². The van der Waals surface area contributed by atoms with E-state index in [-0.39, 0.29) is 10.6 Å². The minimum absolute atomic E-state index is 0.125. The van der Waals surface area contributed by atoms with Gasteiger partial charge in [0, 0.05) is 4.47 Å². The third-order valence-corrected chi connectivity index (χ3v) is 2.45. The Labute approximate surface area is 71.4 Å². The molecule has 0 unspecified atom stereocenters. The van der Waals surface area contributed by atoms with Gasteiger partial charge in [0.05, 0.1) is 4.90 Å². The van der Waals surface area contributed by atoms with Crippen LogP contribution in [0.1, 0.15) is 0 Å². The highest BCUT2D eigenvalue weighted by atomic mass is 79.9. The van der Waals surface area contributed by atoms with Crippen LogP contribution in [0.4, 0.5) is 4.39 Å².